The van der Waals surface area contributed by atoms with Crippen LogP contribution < -0.4 is 0 Å². The van der Waals surface area contributed by atoms with Crippen LogP contribution in [0.4, 0.5) is 0 Å². The summed E-state index contributed by atoms with van der Waals surface area (Å²) in [6, 6.07) is 10.1. The number of hydrogen-bond donors (Lipinski definition) is 0. The molecule has 0 spiro atoms. The average molecular weight is 354 g/mol. The number of aryl methyl sites for hydroxylation is 1. The molecular weight excluding hydrogens is 345 g/mol. The Morgan fingerprint density at radius 2 is 1.92 bits per heavy atom. The summed E-state index contributed by atoms with van der Waals surface area (Å²) in [4.78, 5) is 0. The predicted molar refractivity (Wildman–Crippen MR) is 45.8 cm³/mol. The number of aromatic nitrogens is 3. The topological polar surface area (TPSA) is 22.8 Å². The third-order valence-corrected chi connectivity index (χ3v) is 3.05. The summed E-state index contributed by atoms with van der Waals surface area (Å²) >= 11 is 2.25. The second-order valence-corrected chi connectivity index (χ2v) is 3.75. The summed E-state index contributed by atoms with van der Waals surface area (Å²) < 4.78 is 4.97. The molecule has 0 fully saturated rings. The van der Waals surface area contributed by atoms with Gasteiger partial charge in [-0.05, 0) is 0 Å². The van der Waals surface area contributed by atoms with Gasteiger partial charge in [0.05, 0.1) is 0 Å². The van der Waals surface area contributed by atoms with Gasteiger partial charge >= 0.3 is 86.9 Å². The molecule has 13 heavy (non-hydrogen) atoms. The van der Waals surface area contributed by atoms with E-state index < -0.39 is 0 Å². The van der Waals surface area contributed by atoms with Crippen LogP contribution in [0.3, 0.4) is 0 Å². The van der Waals surface area contributed by atoms with Crippen molar-refractivity contribution in [2.75, 3.05) is 0 Å². The van der Waals surface area contributed by atoms with Crippen molar-refractivity contribution in [1.82, 2.24) is 14.3 Å². The summed E-state index contributed by atoms with van der Waals surface area (Å²) in [5.74, 6) is 0. The first kappa shape index (κ1) is 8.64. The van der Waals surface area contributed by atoms with Gasteiger partial charge in [-0.3, -0.25) is 0 Å². The van der Waals surface area contributed by atoms with E-state index in [-0.39, 0.29) is 0 Å². The number of benzene rings is 1. The molecule has 0 atom stereocenters. The van der Waals surface area contributed by atoms with Crippen LogP contribution in [0, 0.1) is 3.80 Å². The summed E-state index contributed by atoms with van der Waals surface area (Å²) in [5.41, 5.74) is 1.09. The monoisotopic (exact) mass is 354 g/mol. The van der Waals surface area contributed by atoms with Crippen LogP contribution in [0.25, 0.3) is 5.69 Å². The standard InChI is InChI=1S/C9H9N3.Pt/c1-11-7-10-12(8-11)9-5-3-2-4-6-9;/h2-7H,1H3;. The second kappa shape index (κ2) is 3.42. The van der Waals surface area contributed by atoms with Gasteiger partial charge in [-0.2, -0.15) is 0 Å². The second-order valence-electron chi connectivity index (χ2n) is 2.73. The van der Waals surface area contributed by atoms with Gasteiger partial charge in [0.2, 0.25) is 0 Å². The SMILES string of the molecule is Cn1cnn(-c2ccccc2)[c]1=[Pt]. The minimum atomic E-state index is 1.09. The zero-order valence-corrected chi connectivity index (χ0v) is 9.39. The Balaban J connectivity index is 2.60. The first-order valence-electron chi connectivity index (χ1n) is 3.90. The Hall–Kier alpha value is -0.952. The Morgan fingerprint density at radius 3 is 2.46 bits per heavy atom. The van der Waals surface area contributed by atoms with E-state index in [1.165, 1.54) is 0 Å². The molecule has 1 aromatic carbocycles. The summed E-state index contributed by atoms with van der Waals surface area (Å²) in [7, 11) is 1.98. The molecular formula is C9H9N3Pt. The van der Waals surface area contributed by atoms with Crippen molar-refractivity contribution < 1.29 is 19.4 Å². The number of para-hydroxylation sites is 1. The zero-order chi connectivity index (χ0) is 9.26. The van der Waals surface area contributed by atoms with Crippen molar-refractivity contribution >= 4 is 0 Å². The molecule has 1 aromatic heterocycles. The van der Waals surface area contributed by atoms with E-state index in [0.717, 1.165) is 9.49 Å². The average Bonchev–Trinajstić information content (AvgIpc) is 2.49. The molecule has 2 aromatic rings. The van der Waals surface area contributed by atoms with Crippen molar-refractivity contribution in [3.63, 3.8) is 0 Å². The summed E-state index contributed by atoms with van der Waals surface area (Å²) in [5, 5.41) is 4.26. The van der Waals surface area contributed by atoms with E-state index in [2.05, 4.69) is 24.5 Å². The van der Waals surface area contributed by atoms with E-state index in [9.17, 15) is 0 Å². The maximum absolute atomic E-state index is 4.26. The minimum absolute atomic E-state index is 1.09. The zero-order valence-electron chi connectivity index (χ0n) is 7.12. The molecule has 1 heterocycles. The van der Waals surface area contributed by atoms with Crippen molar-refractivity contribution in [1.29, 1.82) is 0 Å². The third kappa shape index (κ3) is 1.56. The van der Waals surface area contributed by atoms with Crippen molar-refractivity contribution in [3.8, 4) is 5.69 Å². The van der Waals surface area contributed by atoms with Gasteiger partial charge in [0.1, 0.15) is 0 Å². The maximum atomic E-state index is 4.26. The molecule has 0 bridgehead atoms. The van der Waals surface area contributed by atoms with Crippen LogP contribution in [0.2, 0.25) is 0 Å². The molecule has 3 nitrogen and oxygen atoms in total. The van der Waals surface area contributed by atoms with Crippen LogP contribution in [0.15, 0.2) is 36.7 Å². The van der Waals surface area contributed by atoms with Gasteiger partial charge in [0.25, 0.3) is 0 Å². The normalized spacial score (nSPS) is 10.4. The Kier molecular flexibility index (Phi) is 2.28. The van der Waals surface area contributed by atoms with Gasteiger partial charge in [-0.25, -0.2) is 0 Å². The molecule has 70 valence electrons. The van der Waals surface area contributed by atoms with Crippen molar-refractivity contribution in [3.05, 3.63) is 40.5 Å². The molecule has 2 rings (SSSR count). The van der Waals surface area contributed by atoms with Crippen LogP contribution in [0.5, 0.6) is 0 Å². The Labute approximate surface area is 87.0 Å². The van der Waals surface area contributed by atoms with E-state index in [1.807, 2.05) is 46.6 Å². The predicted octanol–water partition coefficient (Wildman–Crippen LogP) is 1.29. The number of hydrogen-bond acceptors (Lipinski definition) is 1. The fraction of sp³-hybridized carbons (Fsp3) is 0.111. The molecule has 0 aliphatic rings. The van der Waals surface area contributed by atoms with Gasteiger partial charge in [-0.1, -0.05) is 0 Å². The number of nitrogens with zero attached hydrogens (tertiary/aromatic N) is 3. The van der Waals surface area contributed by atoms with Gasteiger partial charge in [0, 0.05) is 0 Å². The van der Waals surface area contributed by atoms with Gasteiger partial charge in [0.15, 0.2) is 0 Å². The van der Waals surface area contributed by atoms with Crippen LogP contribution in [0.1, 0.15) is 0 Å². The quantitative estimate of drug-likeness (QED) is 0.757. The molecule has 0 saturated carbocycles. The molecule has 0 amide bonds. The van der Waals surface area contributed by atoms with Crippen LogP contribution >= 0.6 is 0 Å². The molecule has 0 aliphatic carbocycles. The van der Waals surface area contributed by atoms with E-state index in [0.29, 0.717) is 0 Å². The Bertz CT molecular complexity index is 455. The molecule has 0 radical (unpaired) electrons. The van der Waals surface area contributed by atoms with E-state index in [4.69, 9.17) is 0 Å². The molecule has 0 unspecified atom stereocenters. The van der Waals surface area contributed by atoms with Crippen LogP contribution in [-0.4, -0.2) is 14.3 Å². The van der Waals surface area contributed by atoms with Crippen molar-refractivity contribution in [2.24, 2.45) is 7.05 Å². The van der Waals surface area contributed by atoms with Gasteiger partial charge < -0.3 is 0 Å². The van der Waals surface area contributed by atoms with Gasteiger partial charge in [-0.15, -0.1) is 0 Å². The molecule has 4 heteroatoms. The molecule has 0 N–H and O–H groups in total. The Morgan fingerprint density at radius 1 is 1.23 bits per heavy atom. The number of rotatable bonds is 1. The van der Waals surface area contributed by atoms with Crippen molar-refractivity contribution in [2.45, 2.75) is 0 Å². The summed E-state index contributed by atoms with van der Waals surface area (Å²) in [6.45, 7) is 0. The molecule has 0 saturated heterocycles. The first-order chi connectivity index (χ1) is 6.29. The van der Waals surface area contributed by atoms with E-state index >= 15 is 0 Å². The first-order valence-corrected chi connectivity index (χ1v) is 5.04. The fourth-order valence-corrected chi connectivity index (χ4v) is 1.66. The molecule has 0 aliphatic heterocycles. The summed E-state index contributed by atoms with van der Waals surface area (Å²) in [6.07, 6.45) is 1.80. The van der Waals surface area contributed by atoms with E-state index in [1.54, 1.807) is 6.33 Å². The third-order valence-electron chi connectivity index (χ3n) is 1.77. The van der Waals surface area contributed by atoms with Crippen LogP contribution in [-0.2, 0) is 26.4 Å². The fourth-order valence-electron chi connectivity index (χ4n) is 1.10.